The van der Waals surface area contributed by atoms with Crippen molar-refractivity contribution in [1.29, 1.82) is 0 Å². The molecule has 1 aromatic carbocycles. The molecule has 4 nitrogen and oxygen atoms in total. The number of rotatable bonds is 6. The third-order valence-corrected chi connectivity index (χ3v) is 3.41. The Bertz CT molecular complexity index is 557. The topological polar surface area (TPSA) is 49.4 Å². The quantitative estimate of drug-likeness (QED) is 0.643. The first-order valence-electron chi connectivity index (χ1n) is 7.07. The first kappa shape index (κ1) is 15.0. The van der Waals surface area contributed by atoms with Gasteiger partial charge in [0, 0.05) is 31.3 Å². The fourth-order valence-electron chi connectivity index (χ4n) is 2.10. The van der Waals surface area contributed by atoms with Crippen LogP contribution < -0.4 is 5.32 Å². The first-order valence-corrected chi connectivity index (χ1v) is 7.07. The van der Waals surface area contributed by atoms with Gasteiger partial charge in [-0.2, -0.15) is 0 Å². The Kier molecular flexibility index (Phi) is 4.93. The van der Waals surface area contributed by atoms with Crippen molar-refractivity contribution in [1.82, 2.24) is 10.2 Å². The van der Waals surface area contributed by atoms with Gasteiger partial charge in [0.25, 0.3) is 5.91 Å². The normalized spacial score (nSPS) is 14.0. The smallest absolute Gasteiger partial charge is 0.251 e. The second-order valence-corrected chi connectivity index (χ2v) is 5.04. The van der Waals surface area contributed by atoms with Crippen LogP contribution in [0.1, 0.15) is 28.8 Å². The minimum atomic E-state index is -0.118. The van der Waals surface area contributed by atoms with Gasteiger partial charge in [-0.05, 0) is 36.6 Å². The van der Waals surface area contributed by atoms with E-state index in [0.717, 1.165) is 18.4 Å². The molecule has 1 aliphatic carbocycles. The maximum Gasteiger partial charge on any atom is 0.251 e. The summed E-state index contributed by atoms with van der Waals surface area (Å²) >= 11 is 0. The van der Waals surface area contributed by atoms with Gasteiger partial charge in [0.15, 0.2) is 0 Å². The molecule has 1 fully saturated rings. The second kappa shape index (κ2) is 6.88. The summed E-state index contributed by atoms with van der Waals surface area (Å²) in [5, 5.41) is 2.57. The lowest BCUT2D eigenvalue weighted by Crippen LogP contribution is -2.31. The van der Waals surface area contributed by atoms with Crippen LogP contribution in [0, 0.1) is 0 Å². The molecule has 1 saturated carbocycles. The summed E-state index contributed by atoms with van der Waals surface area (Å²) in [5.41, 5.74) is 1.50. The van der Waals surface area contributed by atoms with Crippen LogP contribution in [0.4, 0.5) is 0 Å². The molecule has 4 heteroatoms. The Labute approximate surface area is 125 Å². The lowest BCUT2D eigenvalue weighted by atomic mass is 10.1. The van der Waals surface area contributed by atoms with Crippen LogP contribution in [0.3, 0.4) is 0 Å². The molecule has 1 N–H and O–H groups in total. The van der Waals surface area contributed by atoms with E-state index in [1.54, 1.807) is 37.4 Å². The van der Waals surface area contributed by atoms with Gasteiger partial charge in [-0.1, -0.05) is 18.2 Å². The standard InChI is InChI=1S/C17H20N2O2/c1-3-12-19(15-9-10-15)16(20)11-6-13-4-7-14(8-5-13)17(21)18-2/h3-8,11,15H,1,9-10,12H2,2H3,(H,18,21)/b11-6+. The zero-order valence-electron chi connectivity index (χ0n) is 12.2. The van der Waals surface area contributed by atoms with Crippen LogP contribution in [-0.4, -0.2) is 36.3 Å². The number of amides is 2. The third kappa shape index (κ3) is 4.05. The van der Waals surface area contributed by atoms with Gasteiger partial charge in [-0.15, -0.1) is 6.58 Å². The van der Waals surface area contributed by atoms with Crippen LogP contribution in [0.5, 0.6) is 0 Å². The highest BCUT2D eigenvalue weighted by molar-refractivity contribution is 5.95. The summed E-state index contributed by atoms with van der Waals surface area (Å²) in [5.74, 6) is -0.111. The lowest BCUT2D eigenvalue weighted by molar-refractivity contribution is -0.125. The van der Waals surface area contributed by atoms with E-state index in [2.05, 4.69) is 11.9 Å². The van der Waals surface area contributed by atoms with Crippen molar-refractivity contribution in [3.63, 3.8) is 0 Å². The Hall–Kier alpha value is -2.36. The second-order valence-electron chi connectivity index (χ2n) is 5.04. The molecular weight excluding hydrogens is 264 g/mol. The van der Waals surface area contributed by atoms with Crippen LogP contribution in [0.15, 0.2) is 43.0 Å². The zero-order valence-corrected chi connectivity index (χ0v) is 12.2. The number of nitrogens with one attached hydrogen (secondary N) is 1. The molecule has 0 radical (unpaired) electrons. The lowest BCUT2D eigenvalue weighted by Gasteiger charge is -2.18. The molecule has 0 saturated heterocycles. The molecule has 0 aromatic heterocycles. The number of carbonyl (C=O) groups is 2. The number of benzene rings is 1. The van der Waals surface area contributed by atoms with Gasteiger partial charge in [0.05, 0.1) is 0 Å². The third-order valence-electron chi connectivity index (χ3n) is 3.41. The average molecular weight is 284 g/mol. The molecular formula is C17H20N2O2. The molecule has 21 heavy (non-hydrogen) atoms. The monoisotopic (exact) mass is 284 g/mol. The highest BCUT2D eigenvalue weighted by Gasteiger charge is 2.30. The van der Waals surface area contributed by atoms with Crippen molar-refractivity contribution in [2.45, 2.75) is 18.9 Å². The average Bonchev–Trinajstić information content (AvgIpc) is 3.34. The maximum atomic E-state index is 12.1. The van der Waals surface area contributed by atoms with Crippen LogP contribution >= 0.6 is 0 Å². The largest absolute Gasteiger partial charge is 0.355 e. The van der Waals surface area contributed by atoms with E-state index < -0.39 is 0 Å². The summed E-state index contributed by atoms with van der Waals surface area (Å²) in [7, 11) is 1.60. The van der Waals surface area contributed by atoms with Crippen LogP contribution in [0.2, 0.25) is 0 Å². The molecule has 0 atom stereocenters. The summed E-state index contributed by atoms with van der Waals surface area (Å²) < 4.78 is 0. The molecule has 0 bridgehead atoms. The van der Waals surface area contributed by atoms with E-state index >= 15 is 0 Å². The minimum absolute atomic E-state index is 0.00720. The molecule has 0 aliphatic heterocycles. The van der Waals surface area contributed by atoms with Crippen LogP contribution in [0.25, 0.3) is 6.08 Å². The van der Waals surface area contributed by atoms with E-state index in [1.807, 2.05) is 17.0 Å². The van der Waals surface area contributed by atoms with Gasteiger partial charge in [-0.3, -0.25) is 9.59 Å². The minimum Gasteiger partial charge on any atom is -0.355 e. The van der Waals surface area contributed by atoms with Crippen molar-refractivity contribution in [3.8, 4) is 0 Å². The predicted octanol–water partition coefficient (Wildman–Crippen LogP) is 2.24. The highest BCUT2D eigenvalue weighted by atomic mass is 16.2. The van der Waals surface area contributed by atoms with E-state index in [-0.39, 0.29) is 11.8 Å². The summed E-state index contributed by atoms with van der Waals surface area (Å²) in [4.78, 5) is 25.4. The van der Waals surface area contributed by atoms with Crippen molar-refractivity contribution in [3.05, 3.63) is 54.1 Å². The zero-order chi connectivity index (χ0) is 15.2. The van der Waals surface area contributed by atoms with Gasteiger partial charge < -0.3 is 10.2 Å². The molecule has 110 valence electrons. The number of nitrogens with zero attached hydrogens (tertiary/aromatic N) is 1. The van der Waals surface area contributed by atoms with Crippen molar-refractivity contribution in [2.24, 2.45) is 0 Å². The van der Waals surface area contributed by atoms with Crippen molar-refractivity contribution in [2.75, 3.05) is 13.6 Å². The predicted molar refractivity (Wildman–Crippen MR) is 83.8 cm³/mol. The Morgan fingerprint density at radius 3 is 2.52 bits per heavy atom. The highest BCUT2D eigenvalue weighted by Crippen LogP contribution is 2.27. The first-order chi connectivity index (χ1) is 10.2. The molecule has 0 spiro atoms. The fraction of sp³-hybridized carbons (Fsp3) is 0.294. The SMILES string of the molecule is C=CCN(C(=O)/C=C/c1ccc(C(=O)NC)cc1)C1CC1. The maximum absolute atomic E-state index is 12.1. The number of hydrogen-bond acceptors (Lipinski definition) is 2. The molecule has 1 aliphatic rings. The molecule has 2 amide bonds. The summed E-state index contributed by atoms with van der Waals surface area (Å²) in [6.07, 6.45) is 7.26. The Morgan fingerprint density at radius 2 is 2.00 bits per heavy atom. The number of carbonyl (C=O) groups excluding carboxylic acids is 2. The van der Waals surface area contributed by atoms with Crippen molar-refractivity contribution < 1.29 is 9.59 Å². The van der Waals surface area contributed by atoms with Crippen LogP contribution in [-0.2, 0) is 4.79 Å². The van der Waals surface area contributed by atoms with Gasteiger partial charge in [-0.25, -0.2) is 0 Å². The van der Waals surface area contributed by atoms with Gasteiger partial charge in [0.1, 0.15) is 0 Å². The van der Waals surface area contributed by atoms with E-state index in [9.17, 15) is 9.59 Å². The summed E-state index contributed by atoms with van der Waals surface area (Å²) in [6.45, 7) is 4.28. The Balaban J connectivity index is 2.01. The summed E-state index contributed by atoms with van der Waals surface area (Å²) in [6, 6.07) is 7.50. The Morgan fingerprint density at radius 1 is 1.33 bits per heavy atom. The molecule has 2 rings (SSSR count). The van der Waals surface area contributed by atoms with Crippen molar-refractivity contribution >= 4 is 17.9 Å². The van der Waals surface area contributed by atoms with E-state index in [1.165, 1.54) is 0 Å². The van der Waals surface area contributed by atoms with Gasteiger partial charge >= 0.3 is 0 Å². The molecule has 0 unspecified atom stereocenters. The van der Waals surface area contributed by atoms with Gasteiger partial charge in [0.2, 0.25) is 5.91 Å². The fourth-order valence-corrected chi connectivity index (χ4v) is 2.10. The number of hydrogen-bond donors (Lipinski definition) is 1. The van der Waals surface area contributed by atoms with E-state index in [0.29, 0.717) is 18.2 Å². The molecule has 1 aromatic rings. The van der Waals surface area contributed by atoms with E-state index in [4.69, 9.17) is 0 Å². The molecule has 0 heterocycles.